The number of benzene rings is 2. The van der Waals surface area contributed by atoms with Gasteiger partial charge in [0.25, 0.3) is 0 Å². The predicted molar refractivity (Wildman–Crippen MR) is 115 cm³/mol. The maximum absolute atomic E-state index is 12.7. The predicted octanol–water partition coefficient (Wildman–Crippen LogP) is 5.48. The lowest BCUT2D eigenvalue weighted by molar-refractivity contribution is -0.115. The van der Waals surface area contributed by atoms with Gasteiger partial charge in [0.15, 0.2) is 0 Å². The molecule has 0 fully saturated rings. The Bertz CT molecular complexity index is 722. The van der Waals surface area contributed by atoms with E-state index in [1.807, 2.05) is 6.07 Å². The molecule has 3 nitrogen and oxygen atoms in total. The van der Waals surface area contributed by atoms with Gasteiger partial charge in [-0.2, -0.15) is 0 Å². The van der Waals surface area contributed by atoms with E-state index in [-0.39, 0.29) is 11.4 Å². The standard InChI is InChI=1S/C24H34N2O/c1-17(2)20-13-10-14-21(18(3)4)23(20)26-22(27)16-25-24(5,6)15-19-11-8-7-9-12-19/h7-14,17-18,25H,15-16H2,1-6H3,(H,26,27). The molecule has 2 rings (SSSR count). The minimum Gasteiger partial charge on any atom is -0.324 e. The van der Waals surface area contributed by atoms with E-state index in [0.29, 0.717) is 18.4 Å². The van der Waals surface area contributed by atoms with Gasteiger partial charge < -0.3 is 10.6 Å². The second-order valence-corrected chi connectivity index (χ2v) is 8.57. The first-order valence-corrected chi connectivity index (χ1v) is 9.91. The second kappa shape index (κ2) is 9.18. The van der Waals surface area contributed by atoms with Crippen LogP contribution in [0.15, 0.2) is 48.5 Å². The van der Waals surface area contributed by atoms with Crippen molar-refractivity contribution in [3.05, 3.63) is 65.2 Å². The number of hydrogen-bond acceptors (Lipinski definition) is 2. The van der Waals surface area contributed by atoms with Crippen LogP contribution in [0.3, 0.4) is 0 Å². The van der Waals surface area contributed by atoms with Crippen LogP contribution in [-0.2, 0) is 11.2 Å². The number of rotatable bonds is 8. The summed E-state index contributed by atoms with van der Waals surface area (Å²) in [5, 5.41) is 6.59. The van der Waals surface area contributed by atoms with Crippen LogP contribution >= 0.6 is 0 Å². The largest absolute Gasteiger partial charge is 0.324 e. The van der Waals surface area contributed by atoms with Gasteiger partial charge in [0.1, 0.15) is 0 Å². The van der Waals surface area contributed by atoms with Gasteiger partial charge in [0.2, 0.25) is 5.91 Å². The molecule has 0 saturated heterocycles. The number of carbonyl (C=O) groups is 1. The van der Waals surface area contributed by atoms with Crippen molar-refractivity contribution in [2.75, 3.05) is 11.9 Å². The van der Waals surface area contributed by atoms with Crippen molar-refractivity contribution in [2.45, 2.75) is 65.3 Å². The molecule has 2 aromatic rings. The molecule has 27 heavy (non-hydrogen) atoms. The van der Waals surface area contributed by atoms with Crippen LogP contribution in [0.4, 0.5) is 5.69 Å². The fourth-order valence-electron chi connectivity index (χ4n) is 3.37. The van der Waals surface area contributed by atoms with Crippen molar-refractivity contribution in [1.29, 1.82) is 0 Å². The average Bonchev–Trinajstić information content (AvgIpc) is 2.60. The molecule has 2 N–H and O–H groups in total. The van der Waals surface area contributed by atoms with Crippen molar-refractivity contribution in [2.24, 2.45) is 0 Å². The first-order valence-electron chi connectivity index (χ1n) is 9.91. The Labute approximate surface area is 164 Å². The molecule has 0 aliphatic carbocycles. The Hall–Kier alpha value is -2.13. The van der Waals surface area contributed by atoms with Gasteiger partial charge in [0.05, 0.1) is 6.54 Å². The van der Waals surface area contributed by atoms with Gasteiger partial charge in [-0.1, -0.05) is 76.2 Å². The van der Waals surface area contributed by atoms with E-state index in [0.717, 1.165) is 12.1 Å². The van der Waals surface area contributed by atoms with Crippen LogP contribution < -0.4 is 10.6 Å². The topological polar surface area (TPSA) is 41.1 Å². The van der Waals surface area contributed by atoms with Gasteiger partial charge in [0, 0.05) is 11.2 Å². The minimum atomic E-state index is -0.156. The first-order chi connectivity index (χ1) is 12.7. The fraction of sp³-hybridized carbons (Fsp3) is 0.458. The molecule has 0 aliphatic rings. The molecule has 0 aromatic heterocycles. The highest BCUT2D eigenvalue weighted by Crippen LogP contribution is 2.32. The molecule has 0 spiro atoms. The van der Waals surface area contributed by atoms with E-state index in [2.05, 4.69) is 94.6 Å². The fourth-order valence-corrected chi connectivity index (χ4v) is 3.37. The summed E-state index contributed by atoms with van der Waals surface area (Å²) in [6.07, 6.45) is 0.876. The highest BCUT2D eigenvalue weighted by atomic mass is 16.1. The zero-order chi connectivity index (χ0) is 20.0. The highest BCUT2D eigenvalue weighted by Gasteiger charge is 2.20. The second-order valence-electron chi connectivity index (χ2n) is 8.57. The molecular formula is C24H34N2O. The Morgan fingerprint density at radius 1 is 0.889 bits per heavy atom. The van der Waals surface area contributed by atoms with Crippen LogP contribution in [0.25, 0.3) is 0 Å². The highest BCUT2D eigenvalue weighted by molar-refractivity contribution is 5.94. The quantitative estimate of drug-likeness (QED) is 0.649. The summed E-state index contributed by atoms with van der Waals surface area (Å²) < 4.78 is 0. The third-order valence-corrected chi connectivity index (χ3v) is 4.85. The molecule has 0 aliphatic heterocycles. The van der Waals surface area contributed by atoms with Crippen LogP contribution in [0.2, 0.25) is 0 Å². The van der Waals surface area contributed by atoms with E-state index < -0.39 is 0 Å². The Kier molecular flexibility index (Phi) is 7.20. The lowest BCUT2D eigenvalue weighted by Gasteiger charge is -2.27. The lowest BCUT2D eigenvalue weighted by atomic mass is 9.92. The van der Waals surface area contributed by atoms with E-state index in [9.17, 15) is 4.79 Å². The molecule has 0 unspecified atom stereocenters. The number of para-hydroxylation sites is 1. The van der Waals surface area contributed by atoms with E-state index in [1.165, 1.54) is 16.7 Å². The van der Waals surface area contributed by atoms with Gasteiger partial charge in [-0.3, -0.25) is 4.79 Å². The van der Waals surface area contributed by atoms with Crippen molar-refractivity contribution < 1.29 is 4.79 Å². The summed E-state index contributed by atoms with van der Waals surface area (Å²) in [6, 6.07) is 16.7. The monoisotopic (exact) mass is 366 g/mol. The van der Waals surface area contributed by atoms with Crippen molar-refractivity contribution in [3.8, 4) is 0 Å². The normalized spacial score (nSPS) is 11.9. The van der Waals surface area contributed by atoms with Gasteiger partial charge in [-0.05, 0) is 48.8 Å². The van der Waals surface area contributed by atoms with E-state index in [1.54, 1.807) is 0 Å². The van der Waals surface area contributed by atoms with Gasteiger partial charge in [-0.15, -0.1) is 0 Å². The zero-order valence-electron chi connectivity index (χ0n) is 17.6. The maximum atomic E-state index is 12.7. The maximum Gasteiger partial charge on any atom is 0.238 e. The van der Waals surface area contributed by atoms with Crippen LogP contribution in [0.5, 0.6) is 0 Å². The summed E-state index contributed by atoms with van der Waals surface area (Å²) in [5.74, 6) is 0.731. The third-order valence-electron chi connectivity index (χ3n) is 4.85. The lowest BCUT2D eigenvalue weighted by Crippen LogP contribution is -2.45. The molecule has 2 aromatic carbocycles. The summed E-state index contributed by atoms with van der Waals surface area (Å²) in [4.78, 5) is 12.7. The van der Waals surface area contributed by atoms with Crippen molar-refractivity contribution in [1.82, 2.24) is 5.32 Å². The van der Waals surface area contributed by atoms with Gasteiger partial charge >= 0.3 is 0 Å². The summed E-state index contributed by atoms with van der Waals surface area (Å²) in [5.41, 5.74) is 4.48. The number of carbonyl (C=O) groups excluding carboxylic acids is 1. The Balaban J connectivity index is 2.05. The smallest absolute Gasteiger partial charge is 0.238 e. The SMILES string of the molecule is CC(C)c1cccc(C(C)C)c1NC(=O)CNC(C)(C)Cc1ccccc1. The molecule has 0 heterocycles. The number of amides is 1. The van der Waals surface area contributed by atoms with Crippen molar-refractivity contribution >= 4 is 11.6 Å². The number of nitrogens with one attached hydrogen (secondary N) is 2. The van der Waals surface area contributed by atoms with Gasteiger partial charge in [-0.25, -0.2) is 0 Å². The number of anilines is 1. The third kappa shape index (κ3) is 6.21. The molecule has 0 radical (unpaired) electrons. The molecule has 1 amide bonds. The zero-order valence-corrected chi connectivity index (χ0v) is 17.6. The summed E-state index contributed by atoms with van der Waals surface area (Å²) in [7, 11) is 0. The first kappa shape index (κ1) is 21.2. The van der Waals surface area contributed by atoms with Crippen molar-refractivity contribution in [3.63, 3.8) is 0 Å². The molecule has 0 atom stereocenters. The van der Waals surface area contributed by atoms with E-state index in [4.69, 9.17) is 0 Å². The van der Waals surface area contributed by atoms with Crippen LogP contribution in [0.1, 0.15) is 70.1 Å². The minimum absolute atomic E-state index is 0.00568. The molecule has 0 saturated carbocycles. The Morgan fingerprint density at radius 3 is 1.96 bits per heavy atom. The van der Waals surface area contributed by atoms with E-state index >= 15 is 0 Å². The average molecular weight is 367 g/mol. The molecule has 3 heteroatoms. The van der Waals surface area contributed by atoms with Crippen LogP contribution in [0, 0.1) is 0 Å². The molecular weight excluding hydrogens is 332 g/mol. The molecule has 0 bridgehead atoms. The summed E-state index contributed by atoms with van der Waals surface area (Å²) in [6.45, 7) is 13.2. The Morgan fingerprint density at radius 2 is 1.44 bits per heavy atom. The van der Waals surface area contributed by atoms with Crippen LogP contribution in [-0.4, -0.2) is 18.0 Å². The molecule has 146 valence electrons. The summed E-state index contributed by atoms with van der Waals surface area (Å²) >= 11 is 0. The number of hydrogen-bond donors (Lipinski definition) is 2.